The molecule has 0 radical (unpaired) electrons. The Morgan fingerprint density at radius 3 is 2.32 bits per heavy atom. The summed E-state index contributed by atoms with van der Waals surface area (Å²) in [6.45, 7) is 21.5. The van der Waals surface area contributed by atoms with Crippen molar-refractivity contribution in [3.8, 4) is 0 Å². The molecule has 0 aromatic carbocycles. The van der Waals surface area contributed by atoms with Crippen LogP contribution in [0.3, 0.4) is 0 Å². The highest BCUT2D eigenvalue weighted by molar-refractivity contribution is 5.24. The van der Waals surface area contributed by atoms with E-state index in [1.165, 1.54) is 51.4 Å². The second kappa shape index (κ2) is 11.2. The second-order valence-electron chi connectivity index (χ2n) is 12.2. The molecule has 3 aliphatic rings. The fourth-order valence-corrected chi connectivity index (χ4v) is 8.07. The van der Waals surface area contributed by atoms with E-state index in [2.05, 4.69) is 54.5 Å². The van der Waals surface area contributed by atoms with Crippen molar-refractivity contribution in [3.05, 3.63) is 11.6 Å². The number of allylic oxidation sites excluding steroid dienone is 1. The van der Waals surface area contributed by atoms with Crippen LogP contribution in [0.4, 0.5) is 0 Å². The maximum Gasteiger partial charge on any atom is 0.0577 e. The molecule has 0 saturated heterocycles. The van der Waals surface area contributed by atoms with Gasteiger partial charge in [-0.05, 0) is 84.9 Å². The van der Waals surface area contributed by atoms with Gasteiger partial charge in [0.1, 0.15) is 0 Å². The van der Waals surface area contributed by atoms with Crippen molar-refractivity contribution < 1.29 is 5.11 Å². The van der Waals surface area contributed by atoms with Gasteiger partial charge in [0.25, 0.3) is 0 Å². The van der Waals surface area contributed by atoms with Gasteiger partial charge in [-0.2, -0.15) is 0 Å². The van der Waals surface area contributed by atoms with Crippen LogP contribution in [-0.4, -0.2) is 11.2 Å². The molecule has 2 fully saturated rings. The summed E-state index contributed by atoms with van der Waals surface area (Å²) in [6.07, 6.45) is 15.2. The summed E-state index contributed by atoms with van der Waals surface area (Å²) in [6, 6.07) is 0. The van der Waals surface area contributed by atoms with Crippen molar-refractivity contribution in [3.63, 3.8) is 0 Å². The van der Waals surface area contributed by atoms with E-state index in [1.54, 1.807) is 5.57 Å². The van der Waals surface area contributed by atoms with Crippen molar-refractivity contribution in [1.29, 1.82) is 0 Å². The summed E-state index contributed by atoms with van der Waals surface area (Å²) >= 11 is 0. The number of rotatable bonds is 7. The summed E-state index contributed by atoms with van der Waals surface area (Å²) in [5, 5.41) is 10.2. The Hall–Kier alpha value is -0.300. The van der Waals surface area contributed by atoms with E-state index in [1.807, 2.05) is 13.8 Å². The number of aliphatic hydroxyl groups excluding tert-OH is 1. The second-order valence-corrected chi connectivity index (χ2v) is 12.2. The number of hydrogen-bond donors (Lipinski definition) is 1. The van der Waals surface area contributed by atoms with Crippen LogP contribution in [0.1, 0.15) is 127 Å². The first kappa shape index (κ1) is 26.9. The summed E-state index contributed by atoms with van der Waals surface area (Å²) in [4.78, 5) is 0. The zero-order chi connectivity index (χ0) is 23.4. The molecular formula is C30H56O. The first-order valence-corrected chi connectivity index (χ1v) is 14.0. The molecule has 0 aromatic rings. The topological polar surface area (TPSA) is 20.2 Å². The molecule has 0 spiro atoms. The SMILES string of the molecule is CC.CCC1C2CC=C3CC(O)CCC3(C)C2CCC1(C)C(C)[C@H](C)CCCC(C)C. The predicted molar refractivity (Wildman–Crippen MR) is 137 cm³/mol. The van der Waals surface area contributed by atoms with Gasteiger partial charge in [-0.3, -0.25) is 0 Å². The van der Waals surface area contributed by atoms with Crippen molar-refractivity contribution in [1.82, 2.24) is 0 Å². The highest BCUT2D eigenvalue weighted by Crippen LogP contribution is 2.63. The van der Waals surface area contributed by atoms with Gasteiger partial charge >= 0.3 is 0 Å². The van der Waals surface area contributed by atoms with Crippen LogP contribution < -0.4 is 0 Å². The lowest BCUT2D eigenvalue weighted by Crippen LogP contribution is -2.52. The van der Waals surface area contributed by atoms with E-state index >= 15 is 0 Å². The van der Waals surface area contributed by atoms with Crippen LogP contribution >= 0.6 is 0 Å². The third kappa shape index (κ3) is 5.44. The molecule has 3 aliphatic carbocycles. The van der Waals surface area contributed by atoms with Crippen LogP contribution in [-0.2, 0) is 0 Å². The summed E-state index contributed by atoms with van der Waals surface area (Å²) in [5.41, 5.74) is 2.46. The Morgan fingerprint density at radius 1 is 1.03 bits per heavy atom. The fourth-order valence-electron chi connectivity index (χ4n) is 8.07. The average Bonchev–Trinajstić information content (AvgIpc) is 2.74. The zero-order valence-corrected chi connectivity index (χ0v) is 22.6. The Balaban J connectivity index is 0.00000166. The molecule has 8 atom stereocenters. The Kier molecular flexibility index (Phi) is 9.75. The van der Waals surface area contributed by atoms with Crippen molar-refractivity contribution in [2.45, 2.75) is 133 Å². The molecule has 1 heteroatoms. The molecule has 7 unspecified atom stereocenters. The molecule has 0 heterocycles. The van der Waals surface area contributed by atoms with Crippen LogP contribution in [0.2, 0.25) is 0 Å². The molecule has 182 valence electrons. The fraction of sp³-hybridized carbons (Fsp3) is 0.933. The van der Waals surface area contributed by atoms with Crippen molar-refractivity contribution in [2.24, 2.45) is 46.3 Å². The van der Waals surface area contributed by atoms with E-state index < -0.39 is 0 Å². The van der Waals surface area contributed by atoms with E-state index in [4.69, 9.17) is 0 Å². The van der Waals surface area contributed by atoms with Gasteiger partial charge in [0.2, 0.25) is 0 Å². The first-order valence-electron chi connectivity index (χ1n) is 14.0. The minimum atomic E-state index is -0.0894. The maximum atomic E-state index is 10.2. The Bertz CT molecular complexity index is 577. The number of fused-ring (bicyclic) bond motifs is 3. The minimum absolute atomic E-state index is 0.0894. The van der Waals surface area contributed by atoms with Crippen LogP contribution in [0.15, 0.2) is 11.6 Å². The van der Waals surface area contributed by atoms with E-state index in [0.29, 0.717) is 10.8 Å². The van der Waals surface area contributed by atoms with Gasteiger partial charge in [0.05, 0.1) is 6.10 Å². The van der Waals surface area contributed by atoms with E-state index in [0.717, 1.165) is 48.3 Å². The molecular weight excluding hydrogens is 376 g/mol. The van der Waals surface area contributed by atoms with Gasteiger partial charge in [-0.1, -0.05) is 99.6 Å². The molecule has 2 saturated carbocycles. The number of hydrogen-bond acceptors (Lipinski definition) is 1. The smallest absolute Gasteiger partial charge is 0.0577 e. The molecule has 0 aromatic heterocycles. The van der Waals surface area contributed by atoms with Gasteiger partial charge in [0.15, 0.2) is 0 Å². The minimum Gasteiger partial charge on any atom is -0.393 e. The van der Waals surface area contributed by atoms with Crippen molar-refractivity contribution >= 4 is 0 Å². The zero-order valence-electron chi connectivity index (χ0n) is 22.6. The molecule has 0 amide bonds. The Labute approximate surface area is 195 Å². The lowest BCUT2D eigenvalue weighted by Gasteiger charge is -2.60. The molecule has 1 N–H and O–H groups in total. The van der Waals surface area contributed by atoms with Gasteiger partial charge < -0.3 is 5.11 Å². The summed E-state index contributed by atoms with van der Waals surface area (Å²) in [5.74, 6) is 5.03. The lowest BCUT2D eigenvalue weighted by molar-refractivity contribution is -0.0841. The highest BCUT2D eigenvalue weighted by Gasteiger charge is 2.55. The molecule has 1 nitrogen and oxygen atoms in total. The van der Waals surface area contributed by atoms with Gasteiger partial charge in [-0.15, -0.1) is 0 Å². The van der Waals surface area contributed by atoms with Gasteiger partial charge in [-0.25, -0.2) is 0 Å². The van der Waals surface area contributed by atoms with Crippen LogP contribution in [0, 0.1) is 46.3 Å². The Morgan fingerprint density at radius 2 is 1.71 bits per heavy atom. The van der Waals surface area contributed by atoms with E-state index in [9.17, 15) is 5.11 Å². The quantitative estimate of drug-likeness (QED) is 0.398. The average molecular weight is 433 g/mol. The monoisotopic (exact) mass is 432 g/mol. The van der Waals surface area contributed by atoms with Gasteiger partial charge in [0, 0.05) is 0 Å². The molecule has 31 heavy (non-hydrogen) atoms. The summed E-state index contributed by atoms with van der Waals surface area (Å²) < 4.78 is 0. The van der Waals surface area contributed by atoms with E-state index in [-0.39, 0.29) is 6.10 Å². The molecule has 0 bridgehead atoms. The predicted octanol–water partition coefficient (Wildman–Crippen LogP) is 9.05. The summed E-state index contributed by atoms with van der Waals surface area (Å²) in [7, 11) is 0. The highest BCUT2D eigenvalue weighted by atomic mass is 16.3. The standard InChI is InChI=1S/C28H50O.C2H6/c1-8-25-24-13-12-22-18-23(29)14-16-28(22,7)26(24)15-17-27(25,6)21(5)20(4)11-9-10-19(2)3;1-2/h12,19-21,23-26,29H,8-11,13-18H2,1-7H3;1-2H3/t20-,21?,23?,24?,25?,26?,27?,28?;/m1./s1. The largest absolute Gasteiger partial charge is 0.393 e. The van der Waals surface area contributed by atoms with Crippen molar-refractivity contribution in [2.75, 3.05) is 0 Å². The third-order valence-electron chi connectivity index (χ3n) is 10.3. The first-order chi connectivity index (χ1) is 14.6. The normalized spacial score (nSPS) is 39.5. The number of aliphatic hydroxyl groups is 1. The maximum absolute atomic E-state index is 10.2. The molecule has 3 rings (SSSR count). The molecule has 0 aliphatic heterocycles. The van der Waals surface area contributed by atoms with Crippen LogP contribution in [0.5, 0.6) is 0 Å². The third-order valence-corrected chi connectivity index (χ3v) is 10.3. The van der Waals surface area contributed by atoms with Crippen LogP contribution in [0.25, 0.3) is 0 Å². The lowest BCUT2D eigenvalue weighted by atomic mass is 9.45.